The number of nitrogens with one attached hydrogen (secondary N) is 1. The van der Waals surface area contributed by atoms with Crippen molar-refractivity contribution in [2.45, 2.75) is 46.6 Å². The summed E-state index contributed by atoms with van der Waals surface area (Å²) in [4.78, 5) is 8.58. The Hall–Kier alpha value is -1.36. The first-order valence-corrected chi connectivity index (χ1v) is 6.48. The largest absolute Gasteiger partial charge is 0.391 e. The number of aryl methyl sites for hydroxylation is 1. The number of nitrogens with two attached hydrogens (primary N) is 1. The highest BCUT2D eigenvalue weighted by Crippen LogP contribution is 2.17. The Morgan fingerprint density at radius 1 is 1.33 bits per heavy atom. The highest BCUT2D eigenvalue weighted by atomic mass is 16.3. The molecule has 0 aliphatic heterocycles. The van der Waals surface area contributed by atoms with Gasteiger partial charge in [-0.25, -0.2) is 9.97 Å². The van der Waals surface area contributed by atoms with Crippen LogP contribution in [0.1, 0.15) is 38.6 Å². The van der Waals surface area contributed by atoms with E-state index in [4.69, 9.17) is 5.73 Å². The lowest BCUT2D eigenvalue weighted by Crippen LogP contribution is -2.22. The second-order valence-electron chi connectivity index (χ2n) is 5.02. The molecule has 1 atom stereocenters. The van der Waals surface area contributed by atoms with E-state index in [2.05, 4.69) is 29.1 Å². The zero-order chi connectivity index (χ0) is 13.7. The Morgan fingerprint density at radius 3 is 2.56 bits per heavy atom. The van der Waals surface area contributed by atoms with Gasteiger partial charge in [0.25, 0.3) is 0 Å². The molecule has 1 heterocycles. The molecule has 0 amide bonds. The van der Waals surface area contributed by atoms with Gasteiger partial charge in [-0.2, -0.15) is 0 Å². The summed E-state index contributed by atoms with van der Waals surface area (Å²) in [6, 6.07) is 0. The quantitative estimate of drug-likeness (QED) is 0.718. The fraction of sp³-hybridized carbons (Fsp3) is 0.692. The van der Waals surface area contributed by atoms with Crippen LogP contribution < -0.4 is 11.1 Å². The van der Waals surface area contributed by atoms with Crippen molar-refractivity contribution in [3.8, 4) is 0 Å². The minimum atomic E-state index is -0.370. The fourth-order valence-electron chi connectivity index (χ4n) is 1.75. The lowest BCUT2D eigenvalue weighted by atomic mass is 10.1. The van der Waals surface area contributed by atoms with E-state index in [1.54, 1.807) is 0 Å². The number of aliphatic hydroxyl groups excluding tert-OH is 1. The van der Waals surface area contributed by atoms with Crippen molar-refractivity contribution in [2.24, 2.45) is 5.92 Å². The van der Waals surface area contributed by atoms with Crippen molar-refractivity contribution in [2.75, 3.05) is 17.6 Å². The molecule has 4 N–H and O–H groups in total. The standard InChI is InChI=1S/C13H24N4O/c1-5-11-16-12(14)9(4)13(17-11)15-7-10(18)6-8(2)3/h8,10,18H,5-7H2,1-4H3,(H3,14,15,16,17). The predicted molar refractivity (Wildman–Crippen MR) is 74.5 cm³/mol. The molecule has 5 nitrogen and oxygen atoms in total. The molecule has 0 aliphatic rings. The minimum Gasteiger partial charge on any atom is -0.391 e. The summed E-state index contributed by atoms with van der Waals surface area (Å²) in [6.45, 7) is 8.53. The Kier molecular flexibility index (Phi) is 5.34. The normalized spacial score (nSPS) is 12.8. The summed E-state index contributed by atoms with van der Waals surface area (Å²) in [6.07, 6.45) is 1.15. The SMILES string of the molecule is CCc1nc(N)c(C)c(NCC(O)CC(C)C)n1. The molecule has 1 aromatic rings. The summed E-state index contributed by atoms with van der Waals surface area (Å²) < 4.78 is 0. The molecule has 5 heteroatoms. The molecule has 1 unspecified atom stereocenters. The molecule has 0 aromatic carbocycles. The van der Waals surface area contributed by atoms with Crippen LogP contribution in [0.5, 0.6) is 0 Å². The lowest BCUT2D eigenvalue weighted by Gasteiger charge is -2.16. The highest BCUT2D eigenvalue weighted by Gasteiger charge is 2.11. The molecule has 0 fully saturated rings. The molecule has 1 aromatic heterocycles. The highest BCUT2D eigenvalue weighted by molar-refractivity contribution is 5.54. The van der Waals surface area contributed by atoms with Crippen molar-refractivity contribution in [1.82, 2.24) is 9.97 Å². The molecule has 0 radical (unpaired) electrons. The summed E-state index contributed by atoms with van der Waals surface area (Å²) in [5.41, 5.74) is 6.67. The lowest BCUT2D eigenvalue weighted by molar-refractivity contribution is 0.161. The maximum Gasteiger partial charge on any atom is 0.134 e. The zero-order valence-electron chi connectivity index (χ0n) is 11.7. The fourth-order valence-corrected chi connectivity index (χ4v) is 1.75. The third kappa shape index (κ3) is 4.14. The van der Waals surface area contributed by atoms with Crippen LogP contribution in [0.15, 0.2) is 0 Å². The van der Waals surface area contributed by atoms with Crippen molar-refractivity contribution < 1.29 is 5.11 Å². The summed E-state index contributed by atoms with van der Waals surface area (Å²) in [5, 5.41) is 13.0. The first-order valence-electron chi connectivity index (χ1n) is 6.48. The molecule has 0 bridgehead atoms. The number of aromatic nitrogens is 2. The van der Waals surface area contributed by atoms with Crippen molar-refractivity contribution >= 4 is 11.6 Å². The number of hydrogen-bond donors (Lipinski definition) is 3. The molecular weight excluding hydrogens is 228 g/mol. The first-order chi connectivity index (χ1) is 8.43. The Labute approximate surface area is 109 Å². The average Bonchev–Trinajstić information content (AvgIpc) is 2.30. The van der Waals surface area contributed by atoms with Gasteiger partial charge in [0, 0.05) is 18.5 Å². The molecule has 0 aliphatic carbocycles. The molecular formula is C13H24N4O. The van der Waals surface area contributed by atoms with Gasteiger partial charge in [0.15, 0.2) is 0 Å². The van der Waals surface area contributed by atoms with Gasteiger partial charge >= 0.3 is 0 Å². The van der Waals surface area contributed by atoms with Crippen LogP contribution in [0.2, 0.25) is 0 Å². The monoisotopic (exact) mass is 252 g/mol. The second-order valence-corrected chi connectivity index (χ2v) is 5.02. The number of hydrogen-bond acceptors (Lipinski definition) is 5. The summed E-state index contributed by atoms with van der Waals surface area (Å²) >= 11 is 0. The van der Waals surface area contributed by atoms with Crippen molar-refractivity contribution in [1.29, 1.82) is 0 Å². The van der Waals surface area contributed by atoms with E-state index < -0.39 is 0 Å². The van der Waals surface area contributed by atoms with Crippen LogP contribution in [-0.4, -0.2) is 27.7 Å². The molecule has 0 spiro atoms. The number of aliphatic hydroxyl groups is 1. The smallest absolute Gasteiger partial charge is 0.134 e. The molecule has 1 rings (SSSR count). The number of nitrogens with zero attached hydrogens (tertiary/aromatic N) is 2. The van der Waals surface area contributed by atoms with Crippen LogP contribution in [0.25, 0.3) is 0 Å². The number of anilines is 2. The maximum atomic E-state index is 9.83. The predicted octanol–water partition coefficient (Wildman–Crippen LogP) is 1.75. The van der Waals surface area contributed by atoms with Crippen LogP contribution in [0.4, 0.5) is 11.6 Å². The van der Waals surface area contributed by atoms with E-state index >= 15 is 0 Å². The van der Waals surface area contributed by atoms with Crippen LogP contribution in [0.3, 0.4) is 0 Å². The number of rotatable bonds is 6. The Balaban J connectivity index is 2.69. The number of nitrogen functional groups attached to an aromatic ring is 1. The van der Waals surface area contributed by atoms with Gasteiger partial charge in [-0.15, -0.1) is 0 Å². The second kappa shape index (κ2) is 6.54. The molecule has 0 saturated carbocycles. The van der Waals surface area contributed by atoms with Crippen LogP contribution >= 0.6 is 0 Å². The van der Waals surface area contributed by atoms with Crippen molar-refractivity contribution in [3.63, 3.8) is 0 Å². The van der Waals surface area contributed by atoms with E-state index in [0.717, 1.165) is 30.0 Å². The van der Waals surface area contributed by atoms with Gasteiger partial charge in [0.05, 0.1) is 6.10 Å². The van der Waals surface area contributed by atoms with E-state index in [-0.39, 0.29) is 6.10 Å². The van der Waals surface area contributed by atoms with E-state index in [1.165, 1.54) is 0 Å². The van der Waals surface area contributed by atoms with Gasteiger partial charge in [0.1, 0.15) is 17.5 Å². The summed E-state index contributed by atoms with van der Waals surface area (Å²) in [5.74, 6) is 2.42. The summed E-state index contributed by atoms with van der Waals surface area (Å²) in [7, 11) is 0. The third-order valence-corrected chi connectivity index (χ3v) is 2.79. The van der Waals surface area contributed by atoms with Gasteiger partial charge in [-0.3, -0.25) is 0 Å². The van der Waals surface area contributed by atoms with Gasteiger partial charge in [0.2, 0.25) is 0 Å². The topological polar surface area (TPSA) is 84.1 Å². The van der Waals surface area contributed by atoms with E-state index in [0.29, 0.717) is 18.3 Å². The van der Waals surface area contributed by atoms with Crippen molar-refractivity contribution in [3.05, 3.63) is 11.4 Å². The van der Waals surface area contributed by atoms with E-state index in [9.17, 15) is 5.11 Å². The Morgan fingerprint density at radius 2 is 2.00 bits per heavy atom. The third-order valence-electron chi connectivity index (χ3n) is 2.79. The average molecular weight is 252 g/mol. The van der Waals surface area contributed by atoms with Gasteiger partial charge < -0.3 is 16.2 Å². The maximum absolute atomic E-state index is 9.83. The molecule has 0 saturated heterocycles. The molecule has 102 valence electrons. The van der Waals surface area contributed by atoms with E-state index in [1.807, 2.05) is 13.8 Å². The molecule has 18 heavy (non-hydrogen) atoms. The van der Waals surface area contributed by atoms with Crippen LogP contribution in [0, 0.1) is 12.8 Å². The van der Waals surface area contributed by atoms with Gasteiger partial charge in [-0.1, -0.05) is 20.8 Å². The Bertz CT molecular complexity index is 393. The van der Waals surface area contributed by atoms with Gasteiger partial charge in [-0.05, 0) is 19.3 Å². The minimum absolute atomic E-state index is 0.370. The first kappa shape index (κ1) is 14.7. The zero-order valence-corrected chi connectivity index (χ0v) is 11.7. The van der Waals surface area contributed by atoms with Crippen LogP contribution in [-0.2, 0) is 6.42 Å².